The van der Waals surface area contributed by atoms with Crippen LogP contribution in [0.1, 0.15) is 349 Å². The van der Waals surface area contributed by atoms with Crippen LogP contribution >= 0.6 is 15.6 Å². The summed E-state index contributed by atoms with van der Waals surface area (Å²) in [6.45, 7) is 4.63. The van der Waals surface area contributed by atoms with Gasteiger partial charge in [0.15, 0.2) is 12.2 Å². The van der Waals surface area contributed by atoms with E-state index >= 15 is 0 Å². The van der Waals surface area contributed by atoms with E-state index in [2.05, 4.69) is 137 Å². The van der Waals surface area contributed by atoms with Crippen LogP contribution in [-0.4, -0.2) is 96.7 Å². The van der Waals surface area contributed by atoms with E-state index in [1.54, 1.807) is 0 Å². The Balaban J connectivity index is 5.38. The van der Waals surface area contributed by atoms with Crippen LogP contribution in [-0.2, 0) is 65.4 Å². The van der Waals surface area contributed by atoms with Gasteiger partial charge in [0.05, 0.1) is 26.4 Å². The van der Waals surface area contributed by atoms with Crippen LogP contribution in [0.5, 0.6) is 0 Å². The van der Waals surface area contributed by atoms with E-state index in [4.69, 9.17) is 37.0 Å². The summed E-state index contributed by atoms with van der Waals surface area (Å²) in [5.74, 6) is -2.21. The van der Waals surface area contributed by atoms with Crippen molar-refractivity contribution in [2.75, 3.05) is 39.6 Å². The summed E-state index contributed by atoms with van der Waals surface area (Å²) >= 11 is 0. The maximum atomic E-state index is 13.1. The number of carbonyl (C=O) groups is 4. The number of ether oxygens (including phenoxy) is 4. The van der Waals surface area contributed by atoms with E-state index in [1.807, 2.05) is 0 Å². The molecule has 0 aromatic carbocycles. The highest BCUT2D eigenvalue weighted by Gasteiger charge is 2.30. The molecule has 0 aliphatic heterocycles. The smallest absolute Gasteiger partial charge is 0.462 e. The molecule has 0 aromatic rings. The Morgan fingerprint density at radius 3 is 0.798 bits per heavy atom. The fourth-order valence-electron chi connectivity index (χ4n) is 11.0. The number of esters is 4. The van der Waals surface area contributed by atoms with E-state index in [-0.39, 0.29) is 25.7 Å². The van der Waals surface area contributed by atoms with Crippen LogP contribution < -0.4 is 0 Å². The van der Waals surface area contributed by atoms with Gasteiger partial charge in [0.1, 0.15) is 19.3 Å². The van der Waals surface area contributed by atoms with Gasteiger partial charge in [-0.1, -0.05) is 304 Å². The molecule has 0 saturated carbocycles. The van der Waals surface area contributed by atoms with Crippen molar-refractivity contribution >= 4 is 39.5 Å². The number of rotatable bonds is 77. The van der Waals surface area contributed by atoms with Crippen LogP contribution in [0, 0.1) is 0 Å². The molecule has 0 bridgehead atoms. The molecule has 600 valence electrons. The summed E-state index contributed by atoms with van der Waals surface area (Å²) in [5, 5.41) is 10.7. The van der Waals surface area contributed by atoms with Gasteiger partial charge in [-0.3, -0.25) is 37.3 Å². The quantitative estimate of drug-likeness (QED) is 0.0169. The molecule has 0 aliphatic carbocycles. The van der Waals surface area contributed by atoms with E-state index < -0.39 is 97.5 Å². The SMILES string of the molecule is CC/C=C\C/C=C\C/C=C\C/C=C\C/C=C\CCCCCC(=O)OCC(COP(=O)(O)OCC(O)COP(=O)(O)OCC(COC(=O)CCCCCCCCCCCCCCCCC)OC(=O)CCCCCCC/C=C\CCCCCC)OC(=O)CCCCCCCCC/C=C\C/C=C\C/C=C\CC. The molecule has 0 rings (SSSR count). The minimum absolute atomic E-state index is 0.0747. The van der Waals surface area contributed by atoms with Crippen LogP contribution in [0.25, 0.3) is 0 Å². The Morgan fingerprint density at radius 2 is 0.500 bits per heavy atom. The van der Waals surface area contributed by atoms with Crippen molar-refractivity contribution in [2.45, 2.75) is 367 Å². The molecule has 0 radical (unpaired) electrons. The normalized spacial score (nSPS) is 14.4. The molecule has 0 fully saturated rings. The standard InChI is InChI=1S/C85H148O17P2/c1-5-9-13-17-21-25-29-33-36-38-39-41-43-47-50-54-58-62-66-70-83(88)96-76-81(102-85(90)72-68-64-60-56-52-48-44-40-37-34-30-26-22-18-14-10-6-2)78-100-104(93,94)98-74-79(86)73-97-103(91,92)99-77-80(101-84(89)71-67-63-59-55-51-45-32-28-24-20-16-12-8-4)75-95-82(87)69-65-61-57-53-49-46-42-35-31-27-23-19-15-11-7-3/h9-10,13-14,21-22,25-26,28,32-34,36-37,39,41,47,50,79-81,86H,5-8,11-12,15-20,23-24,27,29-31,35,38,40,42-46,48-49,51-78H2,1-4H3,(H,91,92)(H,93,94)/b13-9-,14-10-,25-21-,26-22-,32-28-,36-33-,37-34-,41-39-,50-47-. The molecule has 17 nitrogen and oxygen atoms in total. The number of aliphatic hydroxyl groups excluding tert-OH is 1. The van der Waals surface area contributed by atoms with E-state index in [0.717, 1.165) is 173 Å². The number of carbonyl (C=O) groups excluding carboxylic acids is 4. The van der Waals surface area contributed by atoms with Crippen molar-refractivity contribution in [3.63, 3.8) is 0 Å². The predicted molar refractivity (Wildman–Crippen MR) is 427 cm³/mol. The van der Waals surface area contributed by atoms with Crippen LogP contribution in [0.3, 0.4) is 0 Å². The van der Waals surface area contributed by atoms with E-state index in [9.17, 15) is 43.2 Å². The third-order valence-corrected chi connectivity index (χ3v) is 19.1. The summed E-state index contributed by atoms with van der Waals surface area (Å²) in [6, 6.07) is 0. The molecular formula is C85H148O17P2. The number of phosphoric ester groups is 2. The van der Waals surface area contributed by atoms with Crippen LogP contribution in [0.15, 0.2) is 109 Å². The first-order chi connectivity index (χ1) is 50.7. The van der Waals surface area contributed by atoms with Crippen LogP contribution in [0.2, 0.25) is 0 Å². The highest BCUT2D eigenvalue weighted by atomic mass is 31.2. The van der Waals surface area contributed by atoms with Gasteiger partial charge in [-0.15, -0.1) is 0 Å². The zero-order chi connectivity index (χ0) is 76.0. The third-order valence-electron chi connectivity index (χ3n) is 17.2. The predicted octanol–water partition coefficient (Wildman–Crippen LogP) is 24.1. The molecule has 0 spiro atoms. The second kappa shape index (κ2) is 76.9. The van der Waals surface area contributed by atoms with Crippen molar-refractivity contribution in [3.8, 4) is 0 Å². The molecule has 5 atom stereocenters. The second-order valence-electron chi connectivity index (χ2n) is 27.3. The number of hydrogen-bond acceptors (Lipinski definition) is 15. The minimum Gasteiger partial charge on any atom is -0.462 e. The number of allylic oxidation sites excluding steroid dienone is 18. The molecule has 104 heavy (non-hydrogen) atoms. The van der Waals surface area contributed by atoms with E-state index in [1.165, 1.54) is 96.3 Å². The van der Waals surface area contributed by atoms with Gasteiger partial charge in [-0.2, -0.15) is 0 Å². The van der Waals surface area contributed by atoms with Gasteiger partial charge in [0.25, 0.3) is 0 Å². The molecule has 19 heteroatoms. The number of aliphatic hydroxyl groups is 1. The fraction of sp³-hybridized carbons (Fsp3) is 0.741. The first-order valence-corrected chi connectivity index (χ1v) is 44.1. The van der Waals surface area contributed by atoms with Gasteiger partial charge < -0.3 is 33.8 Å². The largest absolute Gasteiger partial charge is 0.472 e. The number of hydrogen-bond donors (Lipinski definition) is 3. The third kappa shape index (κ3) is 75.9. The maximum Gasteiger partial charge on any atom is 0.472 e. The van der Waals surface area contributed by atoms with Crippen molar-refractivity contribution < 1.29 is 80.2 Å². The van der Waals surface area contributed by atoms with Gasteiger partial charge in [-0.25, -0.2) is 9.13 Å². The highest BCUT2D eigenvalue weighted by molar-refractivity contribution is 7.47. The lowest BCUT2D eigenvalue weighted by Gasteiger charge is -2.21. The lowest BCUT2D eigenvalue weighted by molar-refractivity contribution is -0.161. The summed E-state index contributed by atoms with van der Waals surface area (Å²) in [4.78, 5) is 73.1. The lowest BCUT2D eigenvalue weighted by atomic mass is 10.0. The zero-order valence-electron chi connectivity index (χ0n) is 65.7. The molecular weight excluding hydrogens is 1350 g/mol. The van der Waals surface area contributed by atoms with Gasteiger partial charge in [-0.05, 0) is 128 Å². The average molecular weight is 1500 g/mol. The summed E-state index contributed by atoms with van der Waals surface area (Å²) in [5.41, 5.74) is 0. The van der Waals surface area contributed by atoms with Crippen molar-refractivity contribution in [3.05, 3.63) is 109 Å². The molecule has 5 unspecified atom stereocenters. The monoisotopic (exact) mass is 1500 g/mol. The Hall–Kier alpha value is -4.28. The zero-order valence-corrected chi connectivity index (χ0v) is 67.5. The van der Waals surface area contributed by atoms with Gasteiger partial charge in [0, 0.05) is 25.7 Å². The number of phosphoric acid groups is 2. The summed E-state index contributed by atoms with van der Waals surface area (Å²) in [6.07, 6.45) is 83.4. The molecule has 0 heterocycles. The van der Waals surface area contributed by atoms with Crippen molar-refractivity contribution in [1.29, 1.82) is 0 Å². The highest BCUT2D eigenvalue weighted by Crippen LogP contribution is 2.45. The Bertz CT molecular complexity index is 2390. The van der Waals surface area contributed by atoms with Crippen molar-refractivity contribution in [1.82, 2.24) is 0 Å². The van der Waals surface area contributed by atoms with Crippen LogP contribution in [0.4, 0.5) is 0 Å². The van der Waals surface area contributed by atoms with Gasteiger partial charge in [0.2, 0.25) is 0 Å². The molecule has 0 aliphatic rings. The number of unbranched alkanes of at least 4 members (excludes halogenated alkanes) is 33. The van der Waals surface area contributed by atoms with E-state index in [0.29, 0.717) is 25.7 Å². The lowest BCUT2D eigenvalue weighted by Crippen LogP contribution is -2.30. The summed E-state index contributed by atoms with van der Waals surface area (Å²) < 4.78 is 68.7. The molecule has 0 aromatic heterocycles. The maximum absolute atomic E-state index is 13.1. The first kappa shape index (κ1) is 99.7. The Labute approximate surface area is 632 Å². The summed E-state index contributed by atoms with van der Waals surface area (Å²) in [7, 11) is -9.97. The average Bonchev–Trinajstić information content (AvgIpc) is 0.911. The first-order valence-electron chi connectivity index (χ1n) is 41.1. The van der Waals surface area contributed by atoms with Gasteiger partial charge >= 0.3 is 39.5 Å². The fourth-order valence-corrected chi connectivity index (χ4v) is 12.6. The molecule has 0 amide bonds. The molecule has 0 saturated heterocycles. The van der Waals surface area contributed by atoms with Crippen molar-refractivity contribution in [2.24, 2.45) is 0 Å². The molecule has 3 N–H and O–H groups in total. The second-order valence-corrected chi connectivity index (χ2v) is 30.2. The topological polar surface area (TPSA) is 237 Å². The Morgan fingerprint density at radius 1 is 0.279 bits per heavy atom. The Kier molecular flexibility index (Phi) is 73.7. The minimum atomic E-state index is -4.99.